The molecule has 0 fully saturated rings. The van der Waals surface area contributed by atoms with E-state index in [0.717, 1.165) is 6.08 Å². The first kappa shape index (κ1) is 12.8. The van der Waals surface area contributed by atoms with Gasteiger partial charge in [-0.1, -0.05) is 24.3 Å². The van der Waals surface area contributed by atoms with Gasteiger partial charge in [0.25, 0.3) is 0 Å². The molecular weight excluding hydrogens is 245 g/mol. The molecule has 0 spiro atoms. The summed E-state index contributed by atoms with van der Waals surface area (Å²) in [5, 5.41) is 0. The number of benzene rings is 2. The summed E-state index contributed by atoms with van der Waals surface area (Å²) in [5.41, 5.74) is 5.19. The molecule has 0 aliphatic carbocycles. The van der Waals surface area contributed by atoms with E-state index in [-0.39, 0.29) is 5.56 Å². The van der Waals surface area contributed by atoms with Gasteiger partial charge in [0.1, 0.15) is 17.3 Å². The summed E-state index contributed by atoms with van der Waals surface area (Å²) in [6.07, 6.45) is 2.40. The number of carbonyl (C=O) groups excluding carboxylic acids is 1. The highest BCUT2D eigenvalue weighted by Gasteiger charge is 2.07. The van der Waals surface area contributed by atoms with Gasteiger partial charge in [-0.3, -0.25) is 4.79 Å². The maximum atomic E-state index is 13.7. The third-order valence-corrected chi connectivity index (χ3v) is 2.40. The van der Waals surface area contributed by atoms with Crippen LogP contribution in [-0.4, -0.2) is 5.91 Å². The van der Waals surface area contributed by atoms with E-state index in [1.165, 1.54) is 18.2 Å². The molecule has 19 heavy (non-hydrogen) atoms. The summed E-state index contributed by atoms with van der Waals surface area (Å²) in [6.45, 7) is 0. The van der Waals surface area contributed by atoms with Crippen LogP contribution in [0.4, 0.5) is 4.39 Å². The van der Waals surface area contributed by atoms with E-state index in [1.807, 2.05) is 18.2 Å². The van der Waals surface area contributed by atoms with Crippen LogP contribution in [0.15, 0.2) is 54.6 Å². The third kappa shape index (κ3) is 3.42. The predicted molar refractivity (Wildman–Crippen MR) is 71.1 cm³/mol. The molecule has 2 N–H and O–H groups in total. The maximum Gasteiger partial charge on any atom is 0.241 e. The number of carbonyl (C=O) groups is 1. The first-order chi connectivity index (χ1) is 9.16. The van der Waals surface area contributed by atoms with Crippen molar-refractivity contribution in [3.63, 3.8) is 0 Å². The number of para-hydroxylation sites is 1. The Hall–Kier alpha value is -2.62. The molecule has 0 heterocycles. The Kier molecular flexibility index (Phi) is 3.93. The van der Waals surface area contributed by atoms with Crippen molar-refractivity contribution in [2.75, 3.05) is 0 Å². The Morgan fingerprint density at radius 3 is 2.53 bits per heavy atom. The zero-order valence-electron chi connectivity index (χ0n) is 10.0. The Bertz CT molecular complexity index is 609. The smallest absolute Gasteiger partial charge is 0.241 e. The molecule has 3 nitrogen and oxygen atoms in total. The largest absolute Gasteiger partial charge is 0.457 e. The number of halogens is 1. The number of hydrogen-bond donors (Lipinski definition) is 1. The highest BCUT2D eigenvalue weighted by Crippen LogP contribution is 2.28. The van der Waals surface area contributed by atoms with Gasteiger partial charge in [-0.05, 0) is 30.3 Å². The van der Waals surface area contributed by atoms with Gasteiger partial charge in [0, 0.05) is 6.08 Å². The number of rotatable bonds is 4. The first-order valence-corrected chi connectivity index (χ1v) is 5.66. The van der Waals surface area contributed by atoms with Crippen molar-refractivity contribution in [2.45, 2.75) is 0 Å². The summed E-state index contributed by atoms with van der Waals surface area (Å²) >= 11 is 0. The maximum absolute atomic E-state index is 13.7. The van der Waals surface area contributed by atoms with Crippen molar-refractivity contribution in [2.24, 2.45) is 5.73 Å². The second-order valence-electron chi connectivity index (χ2n) is 3.80. The lowest BCUT2D eigenvalue weighted by Crippen LogP contribution is -2.05. The molecule has 96 valence electrons. The minimum atomic E-state index is -0.645. The zero-order chi connectivity index (χ0) is 13.7. The highest BCUT2D eigenvalue weighted by atomic mass is 19.1. The SMILES string of the molecule is NC(=O)/C=C/c1c(F)cccc1Oc1ccccc1. The Morgan fingerprint density at radius 2 is 1.84 bits per heavy atom. The summed E-state index contributed by atoms with van der Waals surface area (Å²) in [5.74, 6) is -0.217. The molecule has 1 amide bonds. The quantitative estimate of drug-likeness (QED) is 0.855. The molecule has 0 aliphatic heterocycles. The number of primary amides is 1. The van der Waals surface area contributed by atoms with Crippen LogP contribution in [0.3, 0.4) is 0 Å². The van der Waals surface area contributed by atoms with Crippen molar-refractivity contribution >= 4 is 12.0 Å². The molecule has 0 radical (unpaired) electrons. The molecule has 0 atom stereocenters. The lowest BCUT2D eigenvalue weighted by molar-refractivity contribution is -0.113. The molecule has 2 aromatic carbocycles. The van der Waals surface area contributed by atoms with E-state index in [4.69, 9.17) is 10.5 Å². The predicted octanol–water partition coefficient (Wildman–Crippen LogP) is 3.12. The average molecular weight is 257 g/mol. The molecule has 2 rings (SSSR count). The van der Waals surface area contributed by atoms with Crippen LogP contribution in [0.2, 0.25) is 0 Å². The van der Waals surface area contributed by atoms with E-state index < -0.39 is 11.7 Å². The van der Waals surface area contributed by atoms with Crippen LogP contribution in [0.25, 0.3) is 6.08 Å². The molecule has 2 aromatic rings. The normalized spacial score (nSPS) is 10.6. The van der Waals surface area contributed by atoms with Crippen LogP contribution >= 0.6 is 0 Å². The molecule has 0 saturated heterocycles. The van der Waals surface area contributed by atoms with Crippen molar-refractivity contribution in [3.8, 4) is 11.5 Å². The average Bonchev–Trinajstić information content (AvgIpc) is 2.39. The second-order valence-corrected chi connectivity index (χ2v) is 3.80. The monoisotopic (exact) mass is 257 g/mol. The lowest BCUT2D eigenvalue weighted by Gasteiger charge is -2.09. The topological polar surface area (TPSA) is 52.3 Å². The fourth-order valence-electron chi connectivity index (χ4n) is 1.55. The molecule has 4 heteroatoms. The van der Waals surface area contributed by atoms with Crippen molar-refractivity contribution < 1.29 is 13.9 Å². The summed E-state index contributed by atoms with van der Waals surface area (Å²) in [6, 6.07) is 13.4. The standard InChI is InChI=1S/C15H12FNO2/c16-13-7-4-8-14(12(13)9-10-15(17)18)19-11-5-2-1-3-6-11/h1-10H,(H2,17,18)/b10-9+. The third-order valence-electron chi connectivity index (χ3n) is 2.40. The van der Waals surface area contributed by atoms with Crippen LogP contribution in [0.1, 0.15) is 5.56 Å². The van der Waals surface area contributed by atoms with Crippen LogP contribution in [0, 0.1) is 5.82 Å². The second kappa shape index (κ2) is 5.82. The van der Waals surface area contributed by atoms with E-state index in [0.29, 0.717) is 11.5 Å². The number of hydrogen-bond acceptors (Lipinski definition) is 2. The first-order valence-electron chi connectivity index (χ1n) is 5.66. The van der Waals surface area contributed by atoms with Gasteiger partial charge in [-0.2, -0.15) is 0 Å². The molecule has 0 aliphatic rings. The summed E-state index contributed by atoms with van der Waals surface area (Å²) in [4.78, 5) is 10.7. The van der Waals surface area contributed by atoms with Crippen LogP contribution in [0.5, 0.6) is 11.5 Å². The number of ether oxygens (including phenoxy) is 1. The number of amides is 1. The molecule has 0 aromatic heterocycles. The zero-order valence-corrected chi connectivity index (χ0v) is 10.0. The molecule has 0 bridgehead atoms. The van der Waals surface area contributed by atoms with Crippen molar-refractivity contribution in [1.82, 2.24) is 0 Å². The van der Waals surface area contributed by atoms with Gasteiger partial charge < -0.3 is 10.5 Å². The van der Waals surface area contributed by atoms with Crippen LogP contribution < -0.4 is 10.5 Å². The van der Waals surface area contributed by atoms with Crippen molar-refractivity contribution in [3.05, 3.63) is 66.0 Å². The summed E-state index contributed by atoms with van der Waals surface area (Å²) in [7, 11) is 0. The molecule has 0 unspecified atom stereocenters. The van der Waals surface area contributed by atoms with Gasteiger partial charge in [0.05, 0.1) is 5.56 Å². The van der Waals surface area contributed by atoms with E-state index >= 15 is 0 Å². The van der Waals surface area contributed by atoms with Gasteiger partial charge in [-0.15, -0.1) is 0 Å². The number of nitrogens with two attached hydrogens (primary N) is 1. The Balaban J connectivity index is 2.35. The summed E-state index contributed by atoms with van der Waals surface area (Å²) < 4.78 is 19.3. The highest BCUT2D eigenvalue weighted by molar-refractivity contribution is 5.90. The van der Waals surface area contributed by atoms with E-state index in [1.54, 1.807) is 18.2 Å². The fourth-order valence-corrected chi connectivity index (χ4v) is 1.55. The van der Waals surface area contributed by atoms with Crippen molar-refractivity contribution in [1.29, 1.82) is 0 Å². The van der Waals surface area contributed by atoms with Gasteiger partial charge in [-0.25, -0.2) is 4.39 Å². The minimum Gasteiger partial charge on any atom is -0.457 e. The van der Waals surface area contributed by atoms with E-state index in [9.17, 15) is 9.18 Å². The van der Waals surface area contributed by atoms with Crippen LogP contribution in [-0.2, 0) is 4.79 Å². The molecule has 0 saturated carbocycles. The van der Waals surface area contributed by atoms with Gasteiger partial charge in [0.15, 0.2) is 0 Å². The lowest BCUT2D eigenvalue weighted by atomic mass is 10.1. The Morgan fingerprint density at radius 1 is 1.11 bits per heavy atom. The minimum absolute atomic E-state index is 0.185. The Labute approximate surface area is 110 Å². The van der Waals surface area contributed by atoms with Gasteiger partial charge in [0.2, 0.25) is 5.91 Å². The fraction of sp³-hybridized carbons (Fsp3) is 0. The van der Waals surface area contributed by atoms with E-state index in [2.05, 4.69) is 0 Å². The molecular formula is C15H12FNO2. The van der Waals surface area contributed by atoms with Gasteiger partial charge >= 0.3 is 0 Å².